The third-order valence-electron chi connectivity index (χ3n) is 8.32. The van der Waals surface area contributed by atoms with Crippen LogP contribution in [-0.4, -0.2) is 36.4 Å². The number of ether oxygens (including phenoxy) is 2. The van der Waals surface area contributed by atoms with Crippen LogP contribution in [0.4, 0.5) is 0 Å². The van der Waals surface area contributed by atoms with Crippen molar-refractivity contribution in [2.75, 3.05) is 13.2 Å². The van der Waals surface area contributed by atoms with Gasteiger partial charge in [-0.05, 0) is 116 Å². The molecule has 1 N–H and O–H groups in total. The van der Waals surface area contributed by atoms with E-state index in [0.29, 0.717) is 12.8 Å². The normalized spacial score (nSPS) is 13.8. The number of allylic oxidation sites excluding steroid dienone is 26. The molecule has 0 amide bonds. The molecule has 0 saturated carbocycles. The summed E-state index contributed by atoms with van der Waals surface area (Å²) in [4.78, 5) is 24.3. The minimum Gasteiger partial charge on any atom is -0.462 e. The monoisotopic (exact) mass is 795 g/mol. The van der Waals surface area contributed by atoms with Gasteiger partial charge in [-0.1, -0.05) is 172 Å². The van der Waals surface area contributed by atoms with Crippen molar-refractivity contribution in [1.29, 1.82) is 0 Å². The van der Waals surface area contributed by atoms with Gasteiger partial charge in [-0.25, -0.2) is 0 Å². The Morgan fingerprint density at radius 3 is 1.02 bits per heavy atom. The number of rotatable bonds is 37. The molecule has 0 saturated heterocycles. The van der Waals surface area contributed by atoms with Gasteiger partial charge < -0.3 is 14.6 Å². The summed E-state index contributed by atoms with van der Waals surface area (Å²) in [6.07, 6.45) is 73.1. The Balaban J connectivity index is 3.81. The molecular formula is C53H78O5. The van der Waals surface area contributed by atoms with Crippen LogP contribution in [-0.2, 0) is 19.1 Å². The third kappa shape index (κ3) is 44.2. The minimum absolute atomic E-state index is 0.125. The highest BCUT2D eigenvalue weighted by atomic mass is 16.6. The number of carbonyl (C=O) groups is 2. The lowest BCUT2D eigenvalue weighted by atomic mass is 10.2. The van der Waals surface area contributed by atoms with Gasteiger partial charge in [0.05, 0.1) is 6.61 Å². The van der Waals surface area contributed by atoms with Crippen molar-refractivity contribution in [3.05, 3.63) is 158 Å². The van der Waals surface area contributed by atoms with Gasteiger partial charge >= 0.3 is 11.9 Å². The molecule has 1 atom stereocenters. The van der Waals surface area contributed by atoms with Crippen molar-refractivity contribution in [1.82, 2.24) is 0 Å². The SMILES string of the molecule is CC/C=C\C/C=C\C/C=C\C/C=C\C/C=C\C/C=C\C/C=C\CCCC(=O)OC(CO)COC(=O)CCCC/C=C\C/C=C\C/C=C\C/C=C\C/C=C\C/C=C\CC. The van der Waals surface area contributed by atoms with Crippen LogP contribution < -0.4 is 0 Å². The van der Waals surface area contributed by atoms with Crippen molar-refractivity contribution in [3.63, 3.8) is 0 Å². The van der Waals surface area contributed by atoms with Crippen LogP contribution in [0.5, 0.6) is 0 Å². The topological polar surface area (TPSA) is 72.8 Å². The molecule has 0 bridgehead atoms. The molecule has 0 aliphatic rings. The Morgan fingerprint density at radius 2 is 0.690 bits per heavy atom. The molecule has 0 aliphatic carbocycles. The Hall–Kier alpha value is -4.48. The van der Waals surface area contributed by atoms with Crippen molar-refractivity contribution < 1.29 is 24.2 Å². The third-order valence-corrected chi connectivity index (χ3v) is 8.32. The zero-order valence-electron chi connectivity index (χ0n) is 36.2. The Kier molecular flexibility index (Phi) is 43.3. The van der Waals surface area contributed by atoms with E-state index in [4.69, 9.17) is 9.47 Å². The molecule has 320 valence electrons. The fraction of sp³-hybridized carbons (Fsp3) is 0.472. The fourth-order valence-electron chi connectivity index (χ4n) is 5.07. The largest absolute Gasteiger partial charge is 0.462 e. The minimum atomic E-state index is -0.834. The standard InChI is InChI=1S/C53H78O5/c1-3-5-7-9-11-13-15-17-19-21-23-25-26-28-30-32-34-36-38-40-42-44-46-48-53(56)58-51(49-54)50-57-52(55)47-45-43-41-39-37-35-33-31-29-27-24-22-20-18-16-14-12-10-8-6-4-2/h5-8,11-14,17-20,23-25,27-28,30-31,33-34,36-37,39-40,42,51,54H,3-4,9-10,15-16,21-22,26,29,32,35,38,41,43-50H2,1-2H3/b7-5-,8-6-,13-11-,14-12-,19-17-,20-18-,25-23-,27-24-,30-28-,33-31-,36-34-,39-37-,42-40-. The maximum absolute atomic E-state index is 12.2. The summed E-state index contributed by atoms with van der Waals surface area (Å²) >= 11 is 0. The lowest BCUT2D eigenvalue weighted by molar-refractivity contribution is -0.161. The van der Waals surface area contributed by atoms with Crippen LogP contribution in [0.2, 0.25) is 0 Å². The second kappa shape index (κ2) is 46.9. The van der Waals surface area contributed by atoms with Gasteiger partial charge in [-0.15, -0.1) is 0 Å². The van der Waals surface area contributed by atoms with Crippen LogP contribution in [0.1, 0.15) is 142 Å². The molecule has 0 radical (unpaired) electrons. The fourth-order valence-corrected chi connectivity index (χ4v) is 5.07. The summed E-state index contributed by atoms with van der Waals surface area (Å²) in [5.41, 5.74) is 0. The van der Waals surface area contributed by atoms with Crippen molar-refractivity contribution in [3.8, 4) is 0 Å². The molecule has 5 nitrogen and oxygen atoms in total. The number of carbonyl (C=O) groups excluding carboxylic acids is 2. The molecule has 0 aliphatic heterocycles. The first-order chi connectivity index (χ1) is 28.6. The average Bonchev–Trinajstić information content (AvgIpc) is 3.23. The van der Waals surface area contributed by atoms with Crippen LogP contribution >= 0.6 is 0 Å². The van der Waals surface area contributed by atoms with E-state index in [1.54, 1.807) is 0 Å². The van der Waals surface area contributed by atoms with Crippen LogP contribution in [0.3, 0.4) is 0 Å². The Morgan fingerprint density at radius 1 is 0.397 bits per heavy atom. The van der Waals surface area contributed by atoms with Crippen LogP contribution in [0.25, 0.3) is 0 Å². The summed E-state index contributed by atoms with van der Waals surface area (Å²) < 4.78 is 10.6. The lowest BCUT2D eigenvalue weighted by Crippen LogP contribution is -2.28. The summed E-state index contributed by atoms with van der Waals surface area (Å²) in [5.74, 6) is -0.730. The van der Waals surface area contributed by atoms with Crippen LogP contribution in [0.15, 0.2) is 158 Å². The molecule has 0 aromatic heterocycles. The first kappa shape index (κ1) is 53.5. The van der Waals surface area contributed by atoms with Gasteiger partial charge in [-0.2, -0.15) is 0 Å². The maximum atomic E-state index is 12.2. The first-order valence-corrected chi connectivity index (χ1v) is 22.0. The summed E-state index contributed by atoms with van der Waals surface area (Å²) in [6.45, 7) is 3.79. The van der Waals surface area contributed by atoms with E-state index >= 15 is 0 Å². The molecule has 0 spiro atoms. The van der Waals surface area contributed by atoms with Gasteiger partial charge in [0.1, 0.15) is 6.61 Å². The molecule has 0 rings (SSSR count). The van der Waals surface area contributed by atoms with Gasteiger partial charge in [-0.3, -0.25) is 9.59 Å². The van der Waals surface area contributed by atoms with Gasteiger partial charge in [0.2, 0.25) is 0 Å². The second-order valence-electron chi connectivity index (χ2n) is 13.7. The molecule has 0 aromatic rings. The number of hydrogen-bond acceptors (Lipinski definition) is 5. The number of aliphatic hydroxyl groups is 1. The average molecular weight is 795 g/mol. The van der Waals surface area contributed by atoms with Crippen molar-refractivity contribution >= 4 is 11.9 Å². The number of esters is 2. The quantitative estimate of drug-likeness (QED) is 0.0385. The summed E-state index contributed by atoms with van der Waals surface area (Å²) in [7, 11) is 0. The molecule has 0 aromatic carbocycles. The van der Waals surface area contributed by atoms with Crippen molar-refractivity contribution in [2.24, 2.45) is 0 Å². The lowest BCUT2D eigenvalue weighted by Gasteiger charge is -2.15. The van der Waals surface area contributed by atoms with E-state index in [9.17, 15) is 14.7 Å². The zero-order valence-corrected chi connectivity index (χ0v) is 36.2. The van der Waals surface area contributed by atoms with Crippen LogP contribution in [0, 0.1) is 0 Å². The molecular weight excluding hydrogens is 717 g/mol. The Labute approximate surface area is 354 Å². The number of unbranched alkanes of at least 4 members (excludes halogenated alkanes) is 3. The maximum Gasteiger partial charge on any atom is 0.306 e. The van der Waals surface area contributed by atoms with Gasteiger partial charge in [0, 0.05) is 12.8 Å². The van der Waals surface area contributed by atoms with Gasteiger partial charge in [0.25, 0.3) is 0 Å². The molecule has 0 fully saturated rings. The number of hydrogen-bond donors (Lipinski definition) is 1. The highest BCUT2D eigenvalue weighted by Crippen LogP contribution is 2.07. The van der Waals surface area contributed by atoms with E-state index in [1.165, 1.54) is 0 Å². The molecule has 1 unspecified atom stereocenters. The molecule has 58 heavy (non-hydrogen) atoms. The second-order valence-corrected chi connectivity index (χ2v) is 13.7. The summed E-state index contributed by atoms with van der Waals surface area (Å²) in [5, 5.41) is 9.58. The Bertz CT molecular complexity index is 1360. The number of aliphatic hydroxyl groups excluding tert-OH is 1. The highest BCUT2D eigenvalue weighted by molar-refractivity contribution is 5.70. The van der Waals surface area contributed by atoms with E-state index in [2.05, 4.69) is 172 Å². The smallest absolute Gasteiger partial charge is 0.306 e. The first-order valence-electron chi connectivity index (χ1n) is 22.0. The summed E-state index contributed by atoms with van der Waals surface area (Å²) in [6, 6.07) is 0. The van der Waals surface area contributed by atoms with E-state index in [0.717, 1.165) is 109 Å². The van der Waals surface area contributed by atoms with Gasteiger partial charge in [0.15, 0.2) is 6.10 Å². The molecule has 0 heterocycles. The predicted molar refractivity (Wildman–Crippen MR) is 250 cm³/mol. The van der Waals surface area contributed by atoms with Crippen molar-refractivity contribution in [2.45, 2.75) is 148 Å². The van der Waals surface area contributed by atoms with E-state index < -0.39 is 12.1 Å². The highest BCUT2D eigenvalue weighted by Gasteiger charge is 2.15. The van der Waals surface area contributed by atoms with E-state index in [1.807, 2.05) is 0 Å². The predicted octanol–water partition coefficient (Wildman–Crippen LogP) is 14.5. The zero-order chi connectivity index (χ0) is 42.1. The van der Waals surface area contributed by atoms with E-state index in [-0.39, 0.29) is 25.6 Å². The molecule has 5 heteroatoms.